The van der Waals surface area contributed by atoms with Gasteiger partial charge in [-0.1, -0.05) is 18.9 Å². The van der Waals surface area contributed by atoms with Gasteiger partial charge in [-0.25, -0.2) is 0 Å². The molecule has 1 heterocycles. The SMILES string of the molecule is O=C(Nc1cccc(C(F)(F)F)c1)C1(C(=O)N2CCCCCC2)CC1. The Labute approximate surface area is 144 Å². The number of benzene rings is 1. The van der Waals surface area contributed by atoms with Gasteiger partial charge in [-0.05, 0) is 43.9 Å². The van der Waals surface area contributed by atoms with Gasteiger partial charge in [0.2, 0.25) is 11.8 Å². The smallest absolute Gasteiger partial charge is 0.342 e. The summed E-state index contributed by atoms with van der Waals surface area (Å²) in [6.45, 7) is 1.30. The van der Waals surface area contributed by atoms with Crippen LogP contribution < -0.4 is 5.32 Å². The Balaban J connectivity index is 1.71. The van der Waals surface area contributed by atoms with Crippen molar-refractivity contribution in [1.29, 1.82) is 0 Å². The summed E-state index contributed by atoms with van der Waals surface area (Å²) in [6.07, 6.45) is 0.439. The Morgan fingerprint density at radius 2 is 1.68 bits per heavy atom. The molecule has 2 aliphatic rings. The lowest BCUT2D eigenvalue weighted by Crippen LogP contribution is -2.43. The van der Waals surface area contributed by atoms with Crippen LogP contribution in [0.5, 0.6) is 0 Å². The molecule has 7 heteroatoms. The van der Waals surface area contributed by atoms with E-state index < -0.39 is 23.1 Å². The minimum Gasteiger partial charge on any atom is -0.342 e. The minimum absolute atomic E-state index is 0.0646. The normalized spacial score (nSPS) is 19.9. The molecule has 136 valence electrons. The van der Waals surface area contributed by atoms with Crippen LogP contribution in [-0.4, -0.2) is 29.8 Å². The summed E-state index contributed by atoms with van der Waals surface area (Å²) in [4.78, 5) is 27.1. The van der Waals surface area contributed by atoms with Gasteiger partial charge in [0.1, 0.15) is 5.41 Å². The van der Waals surface area contributed by atoms with E-state index in [0.29, 0.717) is 25.9 Å². The molecule has 1 N–H and O–H groups in total. The van der Waals surface area contributed by atoms with E-state index in [9.17, 15) is 22.8 Å². The first kappa shape index (κ1) is 17.8. The van der Waals surface area contributed by atoms with Crippen molar-refractivity contribution in [2.24, 2.45) is 5.41 Å². The second kappa shape index (κ2) is 6.69. The predicted molar refractivity (Wildman–Crippen MR) is 86.8 cm³/mol. The number of carbonyl (C=O) groups is 2. The maximum Gasteiger partial charge on any atom is 0.416 e. The molecule has 25 heavy (non-hydrogen) atoms. The maximum absolute atomic E-state index is 12.8. The average Bonchev–Trinajstić information content (AvgIpc) is 3.39. The lowest BCUT2D eigenvalue weighted by Gasteiger charge is -2.25. The molecule has 0 bridgehead atoms. The average molecular weight is 354 g/mol. The first-order chi connectivity index (χ1) is 11.8. The highest BCUT2D eigenvalue weighted by atomic mass is 19.4. The topological polar surface area (TPSA) is 49.4 Å². The molecule has 2 amide bonds. The van der Waals surface area contributed by atoms with Crippen molar-refractivity contribution in [1.82, 2.24) is 4.90 Å². The Morgan fingerprint density at radius 3 is 2.24 bits per heavy atom. The van der Waals surface area contributed by atoms with E-state index in [1.807, 2.05) is 0 Å². The molecule has 0 radical (unpaired) electrons. The van der Waals surface area contributed by atoms with Crippen molar-refractivity contribution in [3.05, 3.63) is 29.8 Å². The number of amides is 2. The van der Waals surface area contributed by atoms with Crippen molar-refractivity contribution in [3.8, 4) is 0 Å². The van der Waals surface area contributed by atoms with E-state index in [1.54, 1.807) is 4.90 Å². The summed E-state index contributed by atoms with van der Waals surface area (Å²) < 4.78 is 38.4. The Hall–Kier alpha value is -2.05. The summed E-state index contributed by atoms with van der Waals surface area (Å²) in [6, 6.07) is 4.49. The molecule has 0 spiro atoms. The van der Waals surface area contributed by atoms with Gasteiger partial charge in [-0.2, -0.15) is 13.2 Å². The van der Waals surface area contributed by atoms with Crippen molar-refractivity contribution in [2.75, 3.05) is 18.4 Å². The fourth-order valence-corrected chi connectivity index (χ4v) is 3.26. The molecular weight excluding hydrogens is 333 g/mol. The van der Waals surface area contributed by atoms with Crippen molar-refractivity contribution in [3.63, 3.8) is 0 Å². The lowest BCUT2D eigenvalue weighted by molar-refractivity contribution is -0.142. The molecule has 0 unspecified atom stereocenters. The fourth-order valence-electron chi connectivity index (χ4n) is 3.26. The monoisotopic (exact) mass is 354 g/mol. The van der Waals surface area contributed by atoms with E-state index >= 15 is 0 Å². The van der Waals surface area contributed by atoms with Gasteiger partial charge in [0.05, 0.1) is 5.56 Å². The van der Waals surface area contributed by atoms with E-state index in [2.05, 4.69) is 5.32 Å². The first-order valence-corrected chi connectivity index (χ1v) is 8.61. The minimum atomic E-state index is -4.47. The molecule has 2 fully saturated rings. The number of rotatable bonds is 3. The number of hydrogen-bond acceptors (Lipinski definition) is 2. The quantitative estimate of drug-likeness (QED) is 0.839. The van der Waals surface area contributed by atoms with Crippen molar-refractivity contribution < 1.29 is 22.8 Å². The highest BCUT2D eigenvalue weighted by Crippen LogP contribution is 2.48. The molecule has 4 nitrogen and oxygen atoms in total. The molecular formula is C18H21F3N2O2. The van der Waals surface area contributed by atoms with Crippen LogP contribution >= 0.6 is 0 Å². The molecule has 1 aliphatic heterocycles. The Bertz CT molecular complexity index is 661. The van der Waals surface area contributed by atoms with Gasteiger partial charge >= 0.3 is 6.18 Å². The lowest BCUT2D eigenvalue weighted by atomic mass is 10.0. The number of nitrogens with one attached hydrogen (secondary N) is 1. The molecule has 1 saturated heterocycles. The van der Waals surface area contributed by atoms with E-state index in [4.69, 9.17) is 0 Å². The second-order valence-electron chi connectivity index (χ2n) is 6.82. The van der Waals surface area contributed by atoms with Crippen LogP contribution in [0.4, 0.5) is 18.9 Å². The summed E-state index contributed by atoms with van der Waals surface area (Å²) in [5.74, 6) is -0.681. The maximum atomic E-state index is 12.8. The number of alkyl halides is 3. The molecule has 1 aromatic carbocycles. The molecule has 0 atom stereocenters. The number of nitrogens with zero attached hydrogens (tertiary/aromatic N) is 1. The molecule has 1 aliphatic carbocycles. The third-order valence-corrected chi connectivity index (χ3v) is 4.94. The van der Waals surface area contributed by atoms with Crippen molar-refractivity contribution >= 4 is 17.5 Å². The van der Waals surface area contributed by atoms with Crippen molar-refractivity contribution in [2.45, 2.75) is 44.7 Å². The van der Waals surface area contributed by atoms with Gasteiger partial charge in [0, 0.05) is 18.8 Å². The van der Waals surface area contributed by atoms with E-state index in [-0.39, 0.29) is 11.6 Å². The van der Waals surface area contributed by atoms with Crippen LogP contribution in [0.15, 0.2) is 24.3 Å². The van der Waals surface area contributed by atoms with Crippen LogP contribution in [0.25, 0.3) is 0 Å². The van der Waals surface area contributed by atoms with Gasteiger partial charge in [0.25, 0.3) is 0 Å². The van der Waals surface area contributed by atoms with Crippen LogP contribution in [0, 0.1) is 5.41 Å². The van der Waals surface area contributed by atoms with Crippen LogP contribution in [0.3, 0.4) is 0 Å². The van der Waals surface area contributed by atoms with E-state index in [0.717, 1.165) is 37.8 Å². The summed E-state index contributed by atoms with van der Waals surface area (Å²) in [5.41, 5.74) is -1.86. The zero-order chi connectivity index (χ0) is 18.1. The third kappa shape index (κ3) is 3.80. The molecule has 1 saturated carbocycles. The standard InChI is InChI=1S/C18H21F3N2O2/c19-18(20,21)13-6-5-7-14(12-13)22-15(24)17(8-9-17)16(25)23-10-3-1-2-4-11-23/h5-7,12H,1-4,8-11H2,(H,22,24). The zero-order valence-electron chi connectivity index (χ0n) is 13.9. The third-order valence-electron chi connectivity index (χ3n) is 4.94. The number of hydrogen-bond donors (Lipinski definition) is 1. The van der Waals surface area contributed by atoms with Gasteiger partial charge in [-0.15, -0.1) is 0 Å². The summed E-state index contributed by atoms with van der Waals surface area (Å²) in [5, 5.41) is 2.51. The zero-order valence-corrected chi connectivity index (χ0v) is 13.9. The number of carbonyl (C=O) groups excluding carboxylic acids is 2. The molecule has 1 aromatic rings. The predicted octanol–water partition coefficient (Wildman–Crippen LogP) is 3.83. The van der Waals surface area contributed by atoms with Crippen LogP contribution in [-0.2, 0) is 15.8 Å². The Morgan fingerprint density at radius 1 is 1.04 bits per heavy atom. The van der Waals surface area contributed by atoms with Gasteiger partial charge in [-0.3, -0.25) is 9.59 Å². The second-order valence-corrected chi connectivity index (χ2v) is 6.82. The first-order valence-electron chi connectivity index (χ1n) is 8.61. The number of anilines is 1. The fraction of sp³-hybridized carbons (Fsp3) is 0.556. The number of likely N-dealkylation sites (tertiary alicyclic amines) is 1. The van der Waals surface area contributed by atoms with Crippen LogP contribution in [0.1, 0.15) is 44.1 Å². The number of halogens is 3. The highest BCUT2D eigenvalue weighted by Gasteiger charge is 2.58. The summed E-state index contributed by atoms with van der Waals surface area (Å²) in [7, 11) is 0. The summed E-state index contributed by atoms with van der Waals surface area (Å²) >= 11 is 0. The Kier molecular flexibility index (Phi) is 4.75. The largest absolute Gasteiger partial charge is 0.416 e. The molecule has 0 aromatic heterocycles. The van der Waals surface area contributed by atoms with Gasteiger partial charge < -0.3 is 10.2 Å². The molecule has 3 rings (SSSR count). The van der Waals surface area contributed by atoms with Gasteiger partial charge in [0.15, 0.2) is 0 Å². The highest BCUT2D eigenvalue weighted by molar-refractivity contribution is 6.13. The van der Waals surface area contributed by atoms with Crippen LogP contribution in [0.2, 0.25) is 0 Å². The van der Waals surface area contributed by atoms with E-state index in [1.165, 1.54) is 12.1 Å².